The summed E-state index contributed by atoms with van der Waals surface area (Å²) >= 11 is 0. The second-order valence-corrected chi connectivity index (χ2v) is 6.37. The number of hydrogen-bond donors (Lipinski definition) is 1. The molecule has 1 aliphatic rings. The number of carbonyl (C=O) groups excluding carboxylic acids is 1. The van der Waals surface area contributed by atoms with Gasteiger partial charge >= 0.3 is 0 Å². The van der Waals surface area contributed by atoms with Gasteiger partial charge in [0.05, 0.1) is 18.0 Å². The van der Waals surface area contributed by atoms with Gasteiger partial charge in [-0.05, 0) is 62.2 Å². The molecule has 0 saturated heterocycles. The predicted octanol–water partition coefficient (Wildman–Crippen LogP) is 3.83. The smallest absolute Gasteiger partial charge is 0.272 e. The lowest BCUT2D eigenvalue weighted by Gasteiger charge is -2.08. The van der Waals surface area contributed by atoms with E-state index in [0.717, 1.165) is 35.5 Å². The SMILES string of the molecule is CCOc1ccc(-c2cc(C(=O)NC3CC3)nn2-c2ccccc2)cc1. The molecule has 4 rings (SSSR count). The Morgan fingerprint density at radius 3 is 2.54 bits per heavy atom. The van der Waals surface area contributed by atoms with Crippen molar-refractivity contribution in [2.24, 2.45) is 0 Å². The van der Waals surface area contributed by atoms with Crippen LogP contribution in [0.5, 0.6) is 5.75 Å². The molecule has 2 aromatic carbocycles. The van der Waals surface area contributed by atoms with Crippen LogP contribution in [0.1, 0.15) is 30.3 Å². The Balaban J connectivity index is 1.73. The first kappa shape index (κ1) is 16.4. The fourth-order valence-electron chi connectivity index (χ4n) is 2.84. The van der Waals surface area contributed by atoms with Gasteiger partial charge in [-0.15, -0.1) is 0 Å². The average molecular weight is 347 g/mol. The highest BCUT2D eigenvalue weighted by Gasteiger charge is 2.25. The lowest BCUT2D eigenvalue weighted by molar-refractivity contribution is 0.0945. The molecular formula is C21H21N3O2. The number of ether oxygens (including phenoxy) is 1. The minimum atomic E-state index is -0.116. The van der Waals surface area contributed by atoms with Crippen LogP contribution in [0, 0.1) is 0 Å². The van der Waals surface area contributed by atoms with Crippen LogP contribution >= 0.6 is 0 Å². The highest BCUT2D eigenvalue weighted by molar-refractivity contribution is 5.94. The average Bonchev–Trinajstić information content (AvgIpc) is 3.37. The minimum absolute atomic E-state index is 0.116. The van der Waals surface area contributed by atoms with Crippen molar-refractivity contribution in [3.8, 4) is 22.7 Å². The highest BCUT2D eigenvalue weighted by atomic mass is 16.5. The molecule has 1 saturated carbocycles. The summed E-state index contributed by atoms with van der Waals surface area (Å²) < 4.78 is 7.34. The fraction of sp³-hybridized carbons (Fsp3) is 0.238. The number of para-hydroxylation sites is 1. The van der Waals surface area contributed by atoms with Crippen LogP contribution in [0.2, 0.25) is 0 Å². The Bertz CT molecular complexity index is 897. The Morgan fingerprint density at radius 1 is 1.15 bits per heavy atom. The quantitative estimate of drug-likeness (QED) is 0.737. The van der Waals surface area contributed by atoms with Crippen LogP contribution in [0.25, 0.3) is 16.9 Å². The van der Waals surface area contributed by atoms with Crippen molar-refractivity contribution in [1.29, 1.82) is 0 Å². The zero-order valence-corrected chi connectivity index (χ0v) is 14.7. The number of rotatable bonds is 6. The lowest BCUT2D eigenvalue weighted by atomic mass is 10.1. The molecule has 1 fully saturated rings. The first-order chi connectivity index (χ1) is 12.7. The second-order valence-electron chi connectivity index (χ2n) is 6.37. The van der Waals surface area contributed by atoms with E-state index in [4.69, 9.17) is 4.74 Å². The van der Waals surface area contributed by atoms with E-state index in [-0.39, 0.29) is 5.91 Å². The topological polar surface area (TPSA) is 56.1 Å². The largest absolute Gasteiger partial charge is 0.494 e. The molecule has 0 atom stereocenters. The van der Waals surface area contributed by atoms with Crippen molar-refractivity contribution in [3.05, 3.63) is 66.4 Å². The van der Waals surface area contributed by atoms with Gasteiger partial charge in [-0.25, -0.2) is 4.68 Å². The van der Waals surface area contributed by atoms with E-state index < -0.39 is 0 Å². The number of amides is 1. The molecular weight excluding hydrogens is 326 g/mol. The molecule has 0 spiro atoms. The number of nitrogens with zero attached hydrogens (tertiary/aromatic N) is 2. The number of carbonyl (C=O) groups is 1. The summed E-state index contributed by atoms with van der Waals surface area (Å²) in [5.41, 5.74) is 3.21. The first-order valence-corrected chi connectivity index (χ1v) is 8.94. The van der Waals surface area contributed by atoms with Crippen molar-refractivity contribution in [2.45, 2.75) is 25.8 Å². The van der Waals surface area contributed by atoms with Crippen molar-refractivity contribution < 1.29 is 9.53 Å². The van der Waals surface area contributed by atoms with E-state index in [1.165, 1.54) is 0 Å². The molecule has 1 aromatic heterocycles. The van der Waals surface area contributed by atoms with Gasteiger partial charge in [0, 0.05) is 11.6 Å². The first-order valence-electron chi connectivity index (χ1n) is 8.94. The van der Waals surface area contributed by atoms with E-state index in [9.17, 15) is 4.79 Å². The van der Waals surface area contributed by atoms with Crippen LogP contribution in [-0.4, -0.2) is 28.3 Å². The third-order valence-corrected chi connectivity index (χ3v) is 4.32. The maximum atomic E-state index is 12.5. The van der Waals surface area contributed by atoms with Crippen LogP contribution in [-0.2, 0) is 0 Å². The highest BCUT2D eigenvalue weighted by Crippen LogP contribution is 2.27. The summed E-state index contributed by atoms with van der Waals surface area (Å²) in [7, 11) is 0. The number of nitrogens with one attached hydrogen (secondary N) is 1. The third kappa shape index (κ3) is 3.47. The van der Waals surface area contributed by atoms with E-state index in [0.29, 0.717) is 18.3 Å². The predicted molar refractivity (Wildman–Crippen MR) is 101 cm³/mol. The zero-order valence-electron chi connectivity index (χ0n) is 14.7. The van der Waals surface area contributed by atoms with Gasteiger partial charge in [-0.1, -0.05) is 18.2 Å². The van der Waals surface area contributed by atoms with Gasteiger partial charge in [-0.2, -0.15) is 5.10 Å². The summed E-state index contributed by atoms with van der Waals surface area (Å²) in [6.45, 7) is 2.59. The molecule has 0 aliphatic heterocycles. The van der Waals surface area contributed by atoms with E-state index in [1.54, 1.807) is 0 Å². The van der Waals surface area contributed by atoms with Gasteiger partial charge in [0.25, 0.3) is 5.91 Å². The van der Waals surface area contributed by atoms with Gasteiger partial charge in [0.15, 0.2) is 5.69 Å². The van der Waals surface area contributed by atoms with Crippen LogP contribution in [0.4, 0.5) is 0 Å². The summed E-state index contributed by atoms with van der Waals surface area (Å²) in [5, 5.41) is 7.57. The molecule has 26 heavy (non-hydrogen) atoms. The standard InChI is InChI=1S/C21H21N3O2/c1-2-26-18-12-8-15(9-13-18)20-14-19(21(25)22-16-10-11-16)23-24(20)17-6-4-3-5-7-17/h3-9,12-14,16H,2,10-11H2,1H3,(H,22,25). The maximum Gasteiger partial charge on any atom is 0.272 e. The van der Waals surface area contributed by atoms with Crippen LogP contribution < -0.4 is 10.1 Å². The normalized spacial score (nSPS) is 13.4. The Labute approximate surface area is 152 Å². The van der Waals surface area contributed by atoms with E-state index in [1.807, 2.05) is 72.3 Å². The summed E-state index contributed by atoms with van der Waals surface area (Å²) in [6, 6.07) is 19.8. The van der Waals surface area contributed by atoms with Gasteiger partial charge in [0.2, 0.25) is 0 Å². The summed E-state index contributed by atoms with van der Waals surface area (Å²) in [5.74, 6) is 0.711. The number of aromatic nitrogens is 2. The third-order valence-electron chi connectivity index (χ3n) is 4.32. The zero-order chi connectivity index (χ0) is 17.9. The van der Waals surface area contributed by atoms with Gasteiger partial charge < -0.3 is 10.1 Å². The summed E-state index contributed by atoms with van der Waals surface area (Å²) in [6.07, 6.45) is 2.10. The molecule has 0 radical (unpaired) electrons. The van der Waals surface area contributed by atoms with E-state index >= 15 is 0 Å². The number of benzene rings is 2. The molecule has 1 aliphatic carbocycles. The Morgan fingerprint density at radius 2 is 1.88 bits per heavy atom. The van der Waals surface area contributed by atoms with E-state index in [2.05, 4.69) is 10.4 Å². The van der Waals surface area contributed by atoms with Crippen LogP contribution in [0.3, 0.4) is 0 Å². The second kappa shape index (κ2) is 7.04. The Kier molecular flexibility index (Phi) is 4.44. The summed E-state index contributed by atoms with van der Waals surface area (Å²) in [4.78, 5) is 12.5. The molecule has 1 heterocycles. The number of hydrogen-bond acceptors (Lipinski definition) is 3. The molecule has 132 valence electrons. The molecule has 5 heteroatoms. The van der Waals surface area contributed by atoms with Crippen molar-refractivity contribution >= 4 is 5.91 Å². The monoisotopic (exact) mass is 347 g/mol. The van der Waals surface area contributed by atoms with Crippen molar-refractivity contribution in [2.75, 3.05) is 6.61 Å². The van der Waals surface area contributed by atoms with Crippen molar-refractivity contribution in [1.82, 2.24) is 15.1 Å². The Hall–Kier alpha value is -3.08. The molecule has 5 nitrogen and oxygen atoms in total. The van der Waals surface area contributed by atoms with Crippen LogP contribution in [0.15, 0.2) is 60.7 Å². The molecule has 1 amide bonds. The lowest BCUT2D eigenvalue weighted by Crippen LogP contribution is -2.25. The van der Waals surface area contributed by atoms with Gasteiger partial charge in [0.1, 0.15) is 5.75 Å². The molecule has 1 N–H and O–H groups in total. The molecule has 0 bridgehead atoms. The molecule has 0 unspecified atom stereocenters. The van der Waals surface area contributed by atoms with Gasteiger partial charge in [-0.3, -0.25) is 4.79 Å². The van der Waals surface area contributed by atoms with Crippen molar-refractivity contribution in [3.63, 3.8) is 0 Å². The molecule has 3 aromatic rings. The maximum absolute atomic E-state index is 12.5. The fourth-order valence-corrected chi connectivity index (χ4v) is 2.84. The minimum Gasteiger partial charge on any atom is -0.494 e.